The molecule has 0 aromatic heterocycles. The average molecular weight is 315 g/mol. The maximum absolute atomic E-state index is 12.4. The molecule has 0 saturated carbocycles. The Kier molecular flexibility index (Phi) is 4.60. The number of amides is 2. The van der Waals surface area contributed by atoms with Crippen molar-refractivity contribution in [3.8, 4) is 6.07 Å². The van der Waals surface area contributed by atoms with Crippen molar-refractivity contribution in [2.45, 2.75) is 45.8 Å². The molecule has 0 saturated heterocycles. The molecule has 0 bridgehead atoms. The molecule has 2 N–H and O–H groups in total. The van der Waals surface area contributed by atoms with Crippen molar-refractivity contribution >= 4 is 17.7 Å². The zero-order chi connectivity index (χ0) is 17.2. The van der Waals surface area contributed by atoms with Gasteiger partial charge in [-0.25, -0.2) is 4.79 Å². The van der Waals surface area contributed by atoms with Crippen molar-refractivity contribution in [1.82, 2.24) is 5.32 Å². The van der Waals surface area contributed by atoms with E-state index in [1.807, 2.05) is 6.92 Å². The normalized spacial score (nSPS) is 20.6. The molecule has 122 valence electrons. The van der Waals surface area contributed by atoms with Gasteiger partial charge in [-0.1, -0.05) is 6.92 Å². The number of carbonyl (C=O) groups is 2. The monoisotopic (exact) mass is 315 g/mol. The van der Waals surface area contributed by atoms with Crippen molar-refractivity contribution in [1.29, 1.82) is 5.26 Å². The van der Waals surface area contributed by atoms with Gasteiger partial charge < -0.3 is 15.4 Å². The average Bonchev–Trinajstić information content (AvgIpc) is 2.54. The van der Waals surface area contributed by atoms with Crippen molar-refractivity contribution in [3.63, 3.8) is 0 Å². The number of alkyl carbamates (subject to hydrolysis) is 1. The summed E-state index contributed by atoms with van der Waals surface area (Å²) in [7, 11) is 0. The molecule has 2 amide bonds. The van der Waals surface area contributed by atoms with Crippen LogP contribution in [0, 0.1) is 17.2 Å². The Balaban J connectivity index is 2.18. The zero-order valence-electron chi connectivity index (χ0n) is 13.8. The van der Waals surface area contributed by atoms with Gasteiger partial charge in [0, 0.05) is 5.69 Å². The standard InChI is InChI=1S/C17H21N3O3/c1-10-7-12-8-11(9-18)5-6-13(12)19-15(21)14(10)20-16(22)23-17(2,3)4/h5-6,8,10,14H,7H2,1-4H3,(H,19,21)(H,20,22)/t10-,14+/m1/s1. The highest BCUT2D eigenvalue weighted by Gasteiger charge is 2.32. The summed E-state index contributed by atoms with van der Waals surface area (Å²) in [6, 6.07) is 6.54. The molecule has 6 nitrogen and oxygen atoms in total. The number of carbonyl (C=O) groups excluding carboxylic acids is 2. The topological polar surface area (TPSA) is 91.2 Å². The second-order valence-electron chi connectivity index (χ2n) is 6.78. The Morgan fingerprint density at radius 2 is 2.13 bits per heavy atom. The van der Waals surface area contributed by atoms with Crippen LogP contribution in [0.3, 0.4) is 0 Å². The molecule has 6 heteroatoms. The van der Waals surface area contributed by atoms with Crippen LogP contribution in [0.1, 0.15) is 38.8 Å². The summed E-state index contributed by atoms with van der Waals surface area (Å²) in [5.74, 6) is -0.412. The molecular formula is C17H21N3O3. The van der Waals surface area contributed by atoms with Crippen LogP contribution in [0.15, 0.2) is 18.2 Å². The van der Waals surface area contributed by atoms with Crippen LogP contribution in [-0.2, 0) is 16.0 Å². The third-order valence-corrected chi connectivity index (χ3v) is 3.56. The van der Waals surface area contributed by atoms with E-state index in [9.17, 15) is 9.59 Å². The summed E-state index contributed by atoms with van der Waals surface area (Å²) in [6.07, 6.45) is -0.0440. The third kappa shape index (κ3) is 4.22. The smallest absolute Gasteiger partial charge is 0.408 e. The highest BCUT2D eigenvalue weighted by atomic mass is 16.6. The fourth-order valence-corrected chi connectivity index (χ4v) is 2.53. The van der Waals surface area contributed by atoms with E-state index in [-0.39, 0.29) is 11.8 Å². The van der Waals surface area contributed by atoms with Crippen molar-refractivity contribution < 1.29 is 14.3 Å². The molecule has 1 aromatic carbocycles. The van der Waals surface area contributed by atoms with E-state index >= 15 is 0 Å². The largest absolute Gasteiger partial charge is 0.444 e. The first-order valence-corrected chi connectivity index (χ1v) is 7.53. The number of benzene rings is 1. The molecule has 0 radical (unpaired) electrons. The summed E-state index contributed by atoms with van der Waals surface area (Å²) < 4.78 is 5.22. The number of nitrogens with one attached hydrogen (secondary N) is 2. The minimum Gasteiger partial charge on any atom is -0.444 e. The van der Waals surface area contributed by atoms with Gasteiger partial charge in [0.05, 0.1) is 11.6 Å². The minimum absolute atomic E-state index is 0.127. The first-order valence-electron chi connectivity index (χ1n) is 7.53. The van der Waals surface area contributed by atoms with Crippen molar-refractivity contribution in [2.75, 3.05) is 5.32 Å². The van der Waals surface area contributed by atoms with Gasteiger partial charge in [0.25, 0.3) is 0 Å². The lowest BCUT2D eigenvalue weighted by atomic mass is 9.94. The number of nitriles is 1. The van der Waals surface area contributed by atoms with Crippen LogP contribution < -0.4 is 10.6 Å². The summed E-state index contributed by atoms with van der Waals surface area (Å²) in [5, 5.41) is 14.4. The maximum atomic E-state index is 12.4. The van der Waals surface area contributed by atoms with E-state index < -0.39 is 17.7 Å². The summed E-state index contributed by atoms with van der Waals surface area (Å²) in [6.45, 7) is 7.18. The first kappa shape index (κ1) is 16.8. The summed E-state index contributed by atoms with van der Waals surface area (Å²) in [5.41, 5.74) is 1.48. The lowest BCUT2D eigenvalue weighted by Gasteiger charge is -2.25. The molecule has 2 atom stereocenters. The molecule has 0 fully saturated rings. The van der Waals surface area contributed by atoms with Gasteiger partial charge >= 0.3 is 6.09 Å². The van der Waals surface area contributed by atoms with Crippen LogP contribution in [-0.4, -0.2) is 23.6 Å². The number of anilines is 1. The highest BCUT2D eigenvalue weighted by Crippen LogP contribution is 2.26. The van der Waals surface area contributed by atoms with Crippen LogP contribution >= 0.6 is 0 Å². The van der Waals surface area contributed by atoms with Crippen LogP contribution in [0.5, 0.6) is 0 Å². The second-order valence-corrected chi connectivity index (χ2v) is 6.78. The fourth-order valence-electron chi connectivity index (χ4n) is 2.53. The van der Waals surface area contributed by atoms with Crippen molar-refractivity contribution in [3.05, 3.63) is 29.3 Å². The molecule has 2 rings (SSSR count). The first-order chi connectivity index (χ1) is 10.7. The molecule has 0 spiro atoms. The maximum Gasteiger partial charge on any atom is 0.408 e. The second kappa shape index (κ2) is 6.29. The number of ether oxygens (including phenoxy) is 1. The Labute approximate surface area is 135 Å². The number of hydrogen-bond acceptors (Lipinski definition) is 4. The van der Waals surface area contributed by atoms with Crippen LogP contribution in [0.25, 0.3) is 0 Å². The molecule has 1 heterocycles. The Morgan fingerprint density at radius 1 is 1.43 bits per heavy atom. The highest BCUT2D eigenvalue weighted by molar-refractivity contribution is 5.98. The molecule has 23 heavy (non-hydrogen) atoms. The number of hydrogen-bond donors (Lipinski definition) is 2. The third-order valence-electron chi connectivity index (χ3n) is 3.56. The molecule has 1 aliphatic rings. The van der Waals surface area contributed by atoms with Gasteiger partial charge in [0.1, 0.15) is 11.6 Å². The summed E-state index contributed by atoms with van der Waals surface area (Å²) in [4.78, 5) is 24.3. The van der Waals surface area contributed by atoms with Crippen molar-refractivity contribution in [2.24, 2.45) is 5.92 Å². The van der Waals surface area contributed by atoms with E-state index in [0.29, 0.717) is 17.7 Å². The number of nitrogens with zero attached hydrogens (tertiary/aromatic N) is 1. The zero-order valence-corrected chi connectivity index (χ0v) is 13.8. The van der Waals surface area contributed by atoms with E-state index in [1.165, 1.54) is 0 Å². The van der Waals surface area contributed by atoms with E-state index in [2.05, 4.69) is 16.7 Å². The lowest BCUT2D eigenvalue weighted by molar-refractivity contribution is -0.119. The van der Waals surface area contributed by atoms with E-state index in [1.54, 1.807) is 39.0 Å². The van der Waals surface area contributed by atoms with E-state index in [0.717, 1.165) is 5.56 Å². The lowest BCUT2D eigenvalue weighted by Crippen LogP contribution is -2.48. The van der Waals surface area contributed by atoms with Gasteiger partial charge in [0.2, 0.25) is 5.91 Å². The molecular weight excluding hydrogens is 294 g/mol. The van der Waals surface area contributed by atoms with Gasteiger partial charge in [-0.3, -0.25) is 4.79 Å². The van der Waals surface area contributed by atoms with Gasteiger partial charge in [-0.15, -0.1) is 0 Å². The summed E-state index contributed by atoms with van der Waals surface area (Å²) >= 11 is 0. The van der Waals surface area contributed by atoms with Crippen LogP contribution in [0.2, 0.25) is 0 Å². The fraction of sp³-hybridized carbons (Fsp3) is 0.471. The van der Waals surface area contributed by atoms with Gasteiger partial charge in [-0.05, 0) is 56.9 Å². The predicted molar refractivity (Wildman–Crippen MR) is 85.8 cm³/mol. The van der Waals surface area contributed by atoms with E-state index in [4.69, 9.17) is 10.00 Å². The number of fused-ring (bicyclic) bond motifs is 1. The minimum atomic E-state index is -0.692. The predicted octanol–water partition coefficient (Wildman–Crippen LogP) is 2.58. The molecule has 0 unspecified atom stereocenters. The SMILES string of the molecule is C[C@@H]1Cc2cc(C#N)ccc2NC(=O)[C@H]1NC(=O)OC(C)(C)C. The Morgan fingerprint density at radius 3 is 2.74 bits per heavy atom. The van der Waals surface area contributed by atoms with Crippen LogP contribution in [0.4, 0.5) is 10.5 Å². The molecule has 0 aliphatic carbocycles. The van der Waals surface area contributed by atoms with Gasteiger partial charge in [0.15, 0.2) is 0 Å². The Hall–Kier alpha value is -2.55. The molecule has 1 aliphatic heterocycles. The quantitative estimate of drug-likeness (QED) is 0.833. The van der Waals surface area contributed by atoms with Gasteiger partial charge in [-0.2, -0.15) is 5.26 Å². The Bertz CT molecular complexity index is 671. The molecule has 1 aromatic rings. The number of rotatable bonds is 1.